The zero-order chi connectivity index (χ0) is 13.5. The molecule has 0 aromatic heterocycles. The minimum Gasteiger partial charge on any atom is -0.496 e. The molecular weight excluding hydrogens is 235 g/mol. The molecule has 0 aliphatic carbocycles. The average Bonchev–Trinajstić information content (AvgIpc) is 2.36. The molecule has 0 aliphatic heterocycles. The molecule has 0 fully saturated rings. The van der Waals surface area contributed by atoms with Gasteiger partial charge in [-0.05, 0) is 31.0 Å². The average molecular weight is 254 g/mol. The number of benzene rings is 1. The van der Waals surface area contributed by atoms with Crippen LogP contribution in [0.1, 0.15) is 23.7 Å². The molecule has 18 heavy (non-hydrogen) atoms. The fourth-order valence-corrected chi connectivity index (χ4v) is 1.64. The normalized spacial score (nSPS) is 12.0. The van der Waals surface area contributed by atoms with Crippen LogP contribution in [0.5, 0.6) is 5.75 Å². The Morgan fingerprint density at radius 3 is 2.89 bits per heavy atom. The van der Waals surface area contributed by atoms with Gasteiger partial charge in [-0.3, -0.25) is 4.79 Å². The number of hydrogen-bond acceptors (Lipinski definition) is 3. The SMILES string of the molecule is COc1cccc(F)c1C(=O)NCC(C)CCN. The number of carbonyl (C=O) groups is 1. The second kappa shape index (κ2) is 6.96. The third kappa shape index (κ3) is 3.70. The first-order valence-electron chi connectivity index (χ1n) is 5.91. The lowest BCUT2D eigenvalue weighted by Crippen LogP contribution is -2.30. The fraction of sp³-hybridized carbons (Fsp3) is 0.462. The molecule has 1 rings (SSSR count). The molecule has 100 valence electrons. The first kappa shape index (κ1) is 14.4. The number of nitrogens with one attached hydrogen (secondary N) is 1. The Kier molecular flexibility index (Phi) is 5.58. The van der Waals surface area contributed by atoms with Crippen LogP contribution in [-0.4, -0.2) is 26.1 Å². The van der Waals surface area contributed by atoms with Crippen LogP contribution in [-0.2, 0) is 0 Å². The quantitative estimate of drug-likeness (QED) is 0.809. The third-order valence-corrected chi connectivity index (χ3v) is 2.69. The minimum absolute atomic E-state index is 0.0556. The largest absolute Gasteiger partial charge is 0.496 e. The van der Waals surface area contributed by atoms with Crippen molar-refractivity contribution in [2.75, 3.05) is 20.2 Å². The van der Waals surface area contributed by atoms with Crippen LogP contribution in [0.3, 0.4) is 0 Å². The van der Waals surface area contributed by atoms with Crippen molar-refractivity contribution in [1.82, 2.24) is 5.32 Å². The predicted molar refractivity (Wildman–Crippen MR) is 68.1 cm³/mol. The summed E-state index contributed by atoms with van der Waals surface area (Å²) in [7, 11) is 1.41. The predicted octanol–water partition coefficient (Wildman–Crippen LogP) is 1.55. The van der Waals surface area contributed by atoms with Crippen molar-refractivity contribution in [3.8, 4) is 5.75 Å². The van der Waals surface area contributed by atoms with Gasteiger partial charge < -0.3 is 15.8 Å². The van der Waals surface area contributed by atoms with E-state index in [4.69, 9.17) is 10.5 Å². The Hall–Kier alpha value is -1.62. The molecule has 0 saturated carbocycles. The minimum atomic E-state index is -0.585. The Morgan fingerprint density at radius 2 is 2.28 bits per heavy atom. The molecule has 0 radical (unpaired) electrons. The first-order valence-corrected chi connectivity index (χ1v) is 5.91. The van der Waals surface area contributed by atoms with Crippen LogP contribution < -0.4 is 15.8 Å². The molecule has 0 aliphatic rings. The maximum atomic E-state index is 13.6. The summed E-state index contributed by atoms with van der Waals surface area (Å²) in [4.78, 5) is 11.9. The number of nitrogens with two attached hydrogens (primary N) is 1. The van der Waals surface area contributed by atoms with Gasteiger partial charge in [-0.25, -0.2) is 4.39 Å². The maximum Gasteiger partial charge on any atom is 0.258 e. The lowest BCUT2D eigenvalue weighted by molar-refractivity contribution is 0.0940. The van der Waals surface area contributed by atoms with E-state index in [2.05, 4.69) is 5.32 Å². The van der Waals surface area contributed by atoms with E-state index in [1.165, 1.54) is 19.2 Å². The van der Waals surface area contributed by atoms with Gasteiger partial charge in [-0.2, -0.15) is 0 Å². The summed E-state index contributed by atoms with van der Waals surface area (Å²) in [6, 6.07) is 4.30. The van der Waals surface area contributed by atoms with E-state index in [9.17, 15) is 9.18 Å². The van der Waals surface area contributed by atoms with Gasteiger partial charge in [0.25, 0.3) is 5.91 Å². The number of halogens is 1. The van der Waals surface area contributed by atoms with Crippen molar-refractivity contribution >= 4 is 5.91 Å². The van der Waals surface area contributed by atoms with Crippen molar-refractivity contribution in [3.63, 3.8) is 0 Å². The molecule has 0 heterocycles. The van der Waals surface area contributed by atoms with Crippen LogP contribution in [0.15, 0.2) is 18.2 Å². The second-order valence-electron chi connectivity index (χ2n) is 4.21. The van der Waals surface area contributed by atoms with E-state index >= 15 is 0 Å². The van der Waals surface area contributed by atoms with E-state index in [-0.39, 0.29) is 17.2 Å². The number of carbonyl (C=O) groups excluding carboxylic acids is 1. The summed E-state index contributed by atoms with van der Waals surface area (Å²) in [5.41, 5.74) is 5.37. The van der Waals surface area contributed by atoms with Gasteiger partial charge in [-0.15, -0.1) is 0 Å². The van der Waals surface area contributed by atoms with Crippen LogP contribution in [0.4, 0.5) is 4.39 Å². The zero-order valence-corrected chi connectivity index (χ0v) is 10.7. The molecule has 3 N–H and O–H groups in total. The molecule has 1 unspecified atom stereocenters. The van der Waals surface area contributed by atoms with Crippen molar-refractivity contribution in [2.45, 2.75) is 13.3 Å². The van der Waals surface area contributed by atoms with Gasteiger partial charge in [0.2, 0.25) is 0 Å². The number of methoxy groups -OCH3 is 1. The van der Waals surface area contributed by atoms with Crippen LogP contribution in [0.25, 0.3) is 0 Å². The summed E-state index contributed by atoms with van der Waals surface area (Å²) in [5, 5.41) is 2.68. The van der Waals surface area contributed by atoms with Gasteiger partial charge in [0, 0.05) is 6.54 Å². The molecule has 1 aromatic carbocycles. The van der Waals surface area contributed by atoms with Crippen LogP contribution in [0.2, 0.25) is 0 Å². The Balaban J connectivity index is 2.72. The van der Waals surface area contributed by atoms with Crippen LogP contribution in [0, 0.1) is 11.7 Å². The van der Waals surface area contributed by atoms with Crippen molar-refractivity contribution in [1.29, 1.82) is 0 Å². The summed E-state index contributed by atoms with van der Waals surface area (Å²) >= 11 is 0. The molecule has 5 heteroatoms. The lowest BCUT2D eigenvalue weighted by Gasteiger charge is -2.13. The van der Waals surface area contributed by atoms with Crippen molar-refractivity contribution in [3.05, 3.63) is 29.6 Å². The molecule has 1 aromatic rings. The standard InChI is InChI=1S/C13H19FN2O2/c1-9(6-7-15)8-16-13(17)12-10(14)4-3-5-11(12)18-2/h3-5,9H,6-8,15H2,1-2H3,(H,16,17). The zero-order valence-electron chi connectivity index (χ0n) is 10.7. The molecular formula is C13H19FN2O2. The number of ether oxygens (including phenoxy) is 1. The van der Waals surface area contributed by atoms with E-state index in [1.54, 1.807) is 6.07 Å². The third-order valence-electron chi connectivity index (χ3n) is 2.69. The molecule has 1 amide bonds. The molecule has 0 saturated heterocycles. The smallest absolute Gasteiger partial charge is 0.258 e. The van der Waals surface area contributed by atoms with Gasteiger partial charge in [0.15, 0.2) is 0 Å². The fourth-order valence-electron chi connectivity index (χ4n) is 1.64. The van der Waals surface area contributed by atoms with E-state index in [1.807, 2.05) is 6.92 Å². The molecule has 0 bridgehead atoms. The number of hydrogen-bond donors (Lipinski definition) is 2. The highest BCUT2D eigenvalue weighted by atomic mass is 19.1. The van der Waals surface area contributed by atoms with Crippen molar-refractivity contribution < 1.29 is 13.9 Å². The van der Waals surface area contributed by atoms with Gasteiger partial charge in [0.05, 0.1) is 7.11 Å². The monoisotopic (exact) mass is 254 g/mol. The Bertz CT molecular complexity index is 410. The molecule has 0 spiro atoms. The summed E-state index contributed by atoms with van der Waals surface area (Å²) in [6.07, 6.45) is 0.814. The highest BCUT2D eigenvalue weighted by Gasteiger charge is 2.17. The number of rotatable bonds is 6. The van der Waals surface area contributed by atoms with Gasteiger partial charge >= 0.3 is 0 Å². The van der Waals surface area contributed by atoms with E-state index in [0.717, 1.165) is 6.42 Å². The van der Waals surface area contributed by atoms with E-state index < -0.39 is 11.7 Å². The Morgan fingerprint density at radius 1 is 1.56 bits per heavy atom. The number of amides is 1. The van der Waals surface area contributed by atoms with Crippen LogP contribution >= 0.6 is 0 Å². The summed E-state index contributed by atoms with van der Waals surface area (Å²) in [6.45, 7) is 3.01. The molecule has 4 nitrogen and oxygen atoms in total. The highest BCUT2D eigenvalue weighted by molar-refractivity contribution is 5.97. The molecule has 1 atom stereocenters. The second-order valence-corrected chi connectivity index (χ2v) is 4.21. The van der Waals surface area contributed by atoms with Gasteiger partial charge in [-0.1, -0.05) is 13.0 Å². The summed E-state index contributed by atoms with van der Waals surface area (Å²) < 4.78 is 18.6. The highest BCUT2D eigenvalue weighted by Crippen LogP contribution is 2.20. The lowest BCUT2D eigenvalue weighted by atomic mass is 10.1. The van der Waals surface area contributed by atoms with Gasteiger partial charge in [0.1, 0.15) is 17.1 Å². The topological polar surface area (TPSA) is 64.3 Å². The maximum absolute atomic E-state index is 13.6. The first-order chi connectivity index (χ1) is 8.60. The Labute approximate surface area is 106 Å². The van der Waals surface area contributed by atoms with Crippen molar-refractivity contribution in [2.24, 2.45) is 11.7 Å². The van der Waals surface area contributed by atoms with E-state index in [0.29, 0.717) is 13.1 Å². The summed E-state index contributed by atoms with van der Waals surface area (Å²) in [5.74, 6) is -0.553.